The molecule has 1 heterocycles. The molecule has 0 saturated heterocycles. The molecule has 0 fully saturated rings. The first kappa shape index (κ1) is 22.7. The van der Waals surface area contributed by atoms with E-state index in [1.54, 1.807) is 48.5 Å². The number of rotatable bonds is 4. The van der Waals surface area contributed by atoms with Gasteiger partial charge in [0.05, 0.1) is 5.56 Å². The van der Waals surface area contributed by atoms with E-state index in [9.17, 15) is 13.6 Å². The van der Waals surface area contributed by atoms with Crippen LogP contribution in [-0.4, -0.2) is 24.0 Å². The summed E-state index contributed by atoms with van der Waals surface area (Å²) in [5, 5.41) is 4.14. The molecule has 4 rings (SSSR count). The maximum absolute atomic E-state index is 12.1. The predicted molar refractivity (Wildman–Crippen MR) is 127 cm³/mol. The lowest BCUT2D eigenvalue weighted by Gasteiger charge is -2.03. The van der Waals surface area contributed by atoms with E-state index >= 15 is 0 Å². The number of hydrogen-bond donors (Lipinski definition) is 2. The first-order valence-electron chi connectivity index (χ1n) is 8.94. The van der Waals surface area contributed by atoms with Crippen molar-refractivity contribution in [3.63, 3.8) is 0 Å². The monoisotopic (exact) mass is 469 g/mol. The van der Waals surface area contributed by atoms with Gasteiger partial charge in [-0.1, -0.05) is 54.6 Å². The topological polar surface area (TPSA) is 121 Å². The first-order chi connectivity index (χ1) is 14.9. The van der Waals surface area contributed by atoms with E-state index in [-0.39, 0.29) is 5.91 Å². The lowest BCUT2D eigenvalue weighted by Crippen LogP contribution is -2.13. The Labute approximate surface area is 188 Å². The number of para-hydroxylation sites is 1. The number of hydrogen-bond acceptors (Lipinski definition) is 7. The van der Waals surface area contributed by atoms with Crippen molar-refractivity contribution in [2.75, 3.05) is 11.1 Å². The SMILES string of the molecule is Nc1ccccc1C(=O)Nc1nc(-c2ccccc2)ns1.O=S([O-])c1ccc(P)cc1. The maximum atomic E-state index is 12.1. The molecule has 0 aliphatic rings. The molecule has 1 amide bonds. The molecule has 10 heteroatoms. The number of nitrogen functional groups attached to an aromatic ring is 1. The standard InChI is InChI=1S/C15H12N4OS.C6H7O2PS/c16-12-9-5-4-8-11(12)14(20)18-15-17-13(19-21-15)10-6-2-1-3-7-10;7-10(8)6-3-1-5(9)2-4-6/h1-9H,16H2,(H,17,18,19,20);1-4H,9H2,(H,7,8)/p-1. The Morgan fingerprint density at radius 3 is 2.29 bits per heavy atom. The summed E-state index contributed by atoms with van der Waals surface area (Å²) in [6.07, 6.45) is 0. The van der Waals surface area contributed by atoms with Crippen LogP contribution in [-0.2, 0) is 11.1 Å². The van der Waals surface area contributed by atoms with Gasteiger partial charge in [0.1, 0.15) is 0 Å². The summed E-state index contributed by atoms with van der Waals surface area (Å²) < 4.78 is 24.9. The van der Waals surface area contributed by atoms with Gasteiger partial charge in [-0.05, 0) is 40.7 Å². The summed E-state index contributed by atoms with van der Waals surface area (Å²) >= 11 is -0.957. The highest BCUT2D eigenvalue weighted by molar-refractivity contribution is 7.79. The summed E-state index contributed by atoms with van der Waals surface area (Å²) in [7, 11) is 2.48. The summed E-state index contributed by atoms with van der Waals surface area (Å²) in [4.78, 5) is 16.8. The van der Waals surface area contributed by atoms with Gasteiger partial charge in [0.15, 0.2) is 5.82 Å². The Morgan fingerprint density at radius 2 is 1.65 bits per heavy atom. The zero-order chi connectivity index (χ0) is 22.2. The van der Waals surface area contributed by atoms with Crippen LogP contribution >= 0.6 is 20.8 Å². The third-order valence-corrected chi connectivity index (χ3v) is 5.63. The largest absolute Gasteiger partial charge is 0.768 e. The van der Waals surface area contributed by atoms with Gasteiger partial charge in [-0.25, -0.2) is 0 Å². The summed E-state index contributed by atoms with van der Waals surface area (Å²) in [5.41, 5.74) is 7.55. The van der Waals surface area contributed by atoms with Crippen molar-refractivity contribution in [1.82, 2.24) is 9.36 Å². The molecular weight excluding hydrogens is 451 g/mol. The number of nitrogens with zero attached hydrogens (tertiary/aromatic N) is 2. The van der Waals surface area contributed by atoms with E-state index in [2.05, 4.69) is 23.9 Å². The molecule has 0 spiro atoms. The molecule has 0 bridgehead atoms. The van der Waals surface area contributed by atoms with Crippen molar-refractivity contribution in [3.05, 3.63) is 84.4 Å². The minimum absolute atomic E-state index is 0.288. The second kappa shape index (κ2) is 10.9. The lowest BCUT2D eigenvalue weighted by atomic mass is 10.2. The molecule has 4 aromatic rings. The summed E-state index contributed by atoms with van der Waals surface area (Å²) in [6, 6.07) is 23.1. The van der Waals surface area contributed by atoms with E-state index in [0.29, 0.717) is 27.1 Å². The molecule has 7 nitrogen and oxygen atoms in total. The van der Waals surface area contributed by atoms with Crippen molar-refractivity contribution in [1.29, 1.82) is 0 Å². The molecule has 0 radical (unpaired) electrons. The quantitative estimate of drug-likeness (QED) is 0.268. The summed E-state index contributed by atoms with van der Waals surface area (Å²) in [5.74, 6) is 0.306. The maximum Gasteiger partial charge on any atom is 0.259 e. The van der Waals surface area contributed by atoms with Gasteiger partial charge in [-0.2, -0.15) is 9.36 Å². The van der Waals surface area contributed by atoms with Crippen LogP contribution in [0.25, 0.3) is 11.4 Å². The predicted octanol–water partition coefficient (Wildman–Crippen LogP) is 3.46. The third kappa shape index (κ3) is 6.50. The number of carbonyl (C=O) groups excluding carboxylic acids is 1. The Hall–Kier alpha value is -2.97. The highest BCUT2D eigenvalue weighted by Crippen LogP contribution is 2.21. The van der Waals surface area contributed by atoms with Gasteiger partial charge in [-0.3, -0.25) is 14.3 Å². The number of amides is 1. The van der Waals surface area contributed by atoms with E-state index in [0.717, 1.165) is 22.4 Å². The van der Waals surface area contributed by atoms with Crippen molar-refractivity contribution >= 4 is 53.9 Å². The van der Waals surface area contributed by atoms with Gasteiger partial charge < -0.3 is 10.3 Å². The zero-order valence-corrected chi connectivity index (χ0v) is 18.9. The van der Waals surface area contributed by atoms with E-state index in [4.69, 9.17) is 5.73 Å². The number of nitrogens with one attached hydrogen (secondary N) is 1. The average molecular weight is 470 g/mol. The van der Waals surface area contributed by atoms with E-state index in [1.807, 2.05) is 30.3 Å². The van der Waals surface area contributed by atoms with Gasteiger partial charge in [0, 0.05) is 27.7 Å². The molecule has 0 aliphatic heterocycles. The first-order valence-corrected chi connectivity index (χ1v) is 11.4. The van der Waals surface area contributed by atoms with Crippen molar-refractivity contribution < 1.29 is 13.6 Å². The lowest BCUT2D eigenvalue weighted by molar-refractivity contribution is 0.102. The minimum Gasteiger partial charge on any atom is -0.768 e. The van der Waals surface area contributed by atoms with Crippen LogP contribution in [0.15, 0.2) is 83.8 Å². The number of aromatic nitrogens is 2. The molecule has 2 atom stereocenters. The van der Waals surface area contributed by atoms with Crippen LogP contribution in [0.4, 0.5) is 10.8 Å². The van der Waals surface area contributed by atoms with Crippen LogP contribution in [0, 0.1) is 0 Å². The van der Waals surface area contributed by atoms with Gasteiger partial charge in [-0.15, -0.1) is 9.24 Å². The second-order valence-corrected chi connectivity index (χ2v) is 8.49. The van der Waals surface area contributed by atoms with Gasteiger partial charge in [0.25, 0.3) is 5.91 Å². The number of nitrogens with two attached hydrogens (primary N) is 1. The molecule has 3 N–H and O–H groups in total. The minimum atomic E-state index is -2.10. The van der Waals surface area contributed by atoms with E-state index < -0.39 is 11.1 Å². The molecule has 0 aliphatic carbocycles. The van der Waals surface area contributed by atoms with Crippen LogP contribution in [0.2, 0.25) is 0 Å². The normalized spacial score (nSPS) is 11.2. The Kier molecular flexibility index (Phi) is 7.97. The Bertz CT molecular complexity index is 1180. The fourth-order valence-electron chi connectivity index (χ4n) is 2.43. The number of benzene rings is 3. The van der Waals surface area contributed by atoms with E-state index in [1.165, 1.54) is 0 Å². The third-order valence-electron chi connectivity index (χ3n) is 3.96. The van der Waals surface area contributed by atoms with Crippen LogP contribution in [0.1, 0.15) is 10.4 Å². The summed E-state index contributed by atoms with van der Waals surface area (Å²) in [6.45, 7) is 0. The fourth-order valence-corrected chi connectivity index (χ4v) is 3.56. The zero-order valence-electron chi connectivity index (χ0n) is 16.1. The van der Waals surface area contributed by atoms with Crippen LogP contribution in [0.3, 0.4) is 0 Å². The Morgan fingerprint density at radius 1 is 1.00 bits per heavy atom. The smallest absolute Gasteiger partial charge is 0.259 e. The highest BCUT2D eigenvalue weighted by Gasteiger charge is 2.12. The molecule has 158 valence electrons. The molecule has 2 unspecified atom stereocenters. The second-order valence-electron chi connectivity index (χ2n) is 6.13. The molecule has 31 heavy (non-hydrogen) atoms. The number of anilines is 2. The average Bonchev–Trinajstić information content (AvgIpc) is 3.24. The molecule has 0 saturated carbocycles. The van der Waals surface area contributed by atoms with Gasteiger partial charge in [0.2, 0.25) is 5.13 Å². The van der Waals surface area contributed by atoms with Crippen LogP contribution < -0.4 is 16.4 Å². The van der Waals surface area contributed by atoms with Crippen LogP contribution in [0.5, 0.6) is 0 Å². The Balaban J connectivity index is 0.000000229. The van der Waals surface area contributed by atoms with Crippen molar-refractivity contribution in [2.45, 2.75) is 4.90 Å². The highest BCUT2D eigenvalue weighted by atomic mass is 32.2. The van der Waals surface area contributed by atoms with Gasteiger partial charge >= 0.3 is 0 Å². The van der Waals surface area contributed by atoms with Crippen molar-refractivity contribution in [2.24, 2.45) is 0 Å². The molecule has 1 aromatic heterocycles. The molecular formula is C21H18N4O3PS2-. The van der Waals surface area contributed by atoms with Crippen molar-refractivity contribution in [3.8, 4) is 11.4 Å². The number of carbonyl (C=O) groups is 1. The molecule has 3 aromatic carbocycles. The fraction of sp³-hybridized carbons (Fsp3) is 0.